The Morgan fingerprint density at radius 2 is 1.73 bits per heavy atom. The molecule has 0 spiro atoms. The standard InChI is InChI=1S/C16H27BN2O3/c1-11-12(2)19(13-9-7-8-10-20-13)18-14(11)17-21-15(3,4)16(5,6)22-17/h13H,7-10H2,1-6H3/t13-/m0/s1. The van der Waals surface area contributed by atoms with Gasteiger partial charge in [-0.05, 0) is 66.4 Å². The van der Waals surface area contributed by atoms with Crippen molar-refractivity contribution in [2.24, 2.45) is 0 Å². The molecule has 2 aliphatic rings. The van der Waals surface area contributed by atoms with Gasteiger partial charge in [-0.25, -0.2) is 4.68 Å². The third-order valence-corrected chi connectivity index (χ3v) is 5.39. The van der Waals surface area contributed by atoms with Gasteiger partial charge in [0.05, 0.1) is 16.8 Å². The van der Waals surface area contributed by atoms with Crippen LogP contribution in [-0.4, -0.2) is 34.7 Å². The Hall–Kier alpha value is -0.845. The van der Waals surface area contributed by atoms with E-state index in [1.54, 1.807) is 0 Å². The van der Waals surface area contributed by atoms with E-state index in [-0.39, 0.29) is 17.4 Å². The lowest BCUT2D eigenvalue weighted by atomic mass is 9.82. The molecule has 0 amide bonds. The van der Waals surface area contributed by atoms with Gasteiger partial charge < -0.3 is 14.0 Å². The van der Waals surface area contributed by atoms with Gasteiger partial charge >= 0.3 is 7.12 Å². The number of ether oxygens (including phenoxy) is 1. The van der Waals surface area contributed by atoms with Crippen LogP contribution in [0.25, 0.3) is 0 Å². The molecular weight excluding hydrogens is 279 g/mol. The lowest BCUT2D eigenvalue weighted by molar-refractivity contribution is -0.0405. The lowest BCUT2D eigenvalue weighted by Gasteiger charge is -2.32. The van der Waals surface area contributed by atoms with Gasteiger partial charge in [-0.1, -0.05) is 0 Å². The minimum Gasteiger partial charge on any atom is -0.398 e. The minimum atomic E-state index is -0.409. The van der Waals surface area contributed by atoms with Crippen LogP contribution in [0.5, 0.6) is 0 Å². The van der Waals surface area contributed by atoms with Gasteiger partial charge in [0, 0.05) is 12.3 Å². The number of nitrogens with zero attached hydrogens (tertiary/aromatic N) is 2. The van der Waals surface area contributed by atoms with Crippen LogP contribution in [0.3, 0.4) is 0 Å². The first-order chi connectivity index (χ1) is 10.2. The Kier molecular flexibility index (Phi) is 3.90. The van der Waals surface area contributed by atoms with E-state index in [4.69, 9.17) is 19.1 Å². The van der Waals surface area contributed by atoms with Crippen molar-refractivity contribution in [3.63, 3.8) is 0 Å². The summed E-state index contributed by atoms with van der Waals surface area (Å²) in [5, 5.41) is 4.79. The van der Waals surface area contributed by atoms with Crippen LogP contribution in [0.4, 0.5) is 0 Å². The molecule has 0 aliphatic carbocycles. The van der Waals surface area contributed by atoms with E-state index in [0.29, 0.717) is 0 Å². The largest absolute Gasteiger partial charge is 0.516 e. The number of hydrogen-bond acceptors (Lipinski definition) is 4. The van der Waals surface area contributed by atoms with Gasteiger partial charge in [0.2, 0.25) is 0 Å². The van der Waals surface area contributed by atoms with Crippen molar-refractivity contribution in [3.05, 3.63) is 11.3 Å². The summed E-state index contributed by atoms with van der Waals surface area (Å²) in [5.74, 6) is 0. The Morgan fingerprint density at radius 1 is 1.09 bits per heavy atom. The highest BCUT2D eigenvalue weighted by Gasteiger charge is 2.53. The molecule has 0 N–H and O–H groups in total. The SMILES string of the molecule is Cc1c(B2OC(C)(C)C(C)(C)O2)nn([C@@H]2CCCCO2)c1C. The van der Waals surface area contributed by atoms with E-state index in [2.05, 4.69) is 41.5 Å². The van der Waals surface area contributed by atoms with Crippen molar-refractivity contribution in [3.8, 4) is 0 Å². The van der Waals surface area contributed by atoms with Crippen LogP contribution in [0.15, 0.2) is 0 Å². The molecule has 0 aromatic carbocycles. The molecule has 5 nitrogen and oxygen atoms in total. The molecule has 1 atom stereocenters. The first-order valence-electron chi connectivity index (χ1n) is 8.26. The van der Waals surface area contributed by atoms with E-state index in [1.165, 1.54) is 6.42 Å². The van der Waals surface area contributed by atoms with E-state index in [0.717, 1.165) is 36.3 Å². The van der Waals surface area contributed by atoms with Gasteiger partial charge in [-0.2, -0.15) is 5.10 Å². The highest BCUT2D eigenvalue weighted by Crippen LogP contribution is 2.37. The molecular formula is C16H27BN2O3. The molecule has 0 saturated carbocycles. The maximum atomic E-state index is 6.15. The Bertz CT molecular complexity index is 546. The fourth-order valence-corrected chi connectivity index (χ4v) is 3.00. The van der Waals surface area contributed by atoms with Crippen molar-refractivity contribution >= 4 is 12.7 Å². The summed E-state index contributed by atoms with van der Waals surface area (Å²) in [6.45, 7) is 13.3. The van der Waals surface area contributed by atoms with Gasteiger partial charge in [-0.15, -0.1) is 0 Å². The third kappa shape index (κ3) is 2.51. The topological polar surface area (TPSA) is 45.5 Å². The molecule has 2 fully saturated rings. The molecule has 122 valence electrons. The quantitative estimate of drug-likeness (QED) is 0.788. The van der Waals surface area contributed by atoms with E-state index in [9.17, 15) is 0 Å². The highest BCUT2D eigenvalue weighted by atomic mass is 16.7. The van der Waals surface area contributed by atoms with Crippen LogP contribution in [0, 0.1) is 13.8 Å². The second-order valence-corrected chi connectivity index (χ2v) is 7.45. The number of aromatic nitrogens is 2. The Labute approximate surface area is 133 Å². The van der Waals surface area contributed by atoms with Crippen LogP contribution >= 0.6 is 0 Å². The highest BCUT2D eigenvalue weighted by molar-refractivity contribution is 6.61. The zero-order chi connectivity index (χ0) is 16.1. The fourth-order valence-electron chi connectivity index (χ4n) is 3.00. The molecule has 2 aliphatic heterocycles. The van der Waals surface area contributed by atoms with Crippen molar-refractivity contribution < 1.29 is 14.0 Å². The fraction of sp³-hybridized carbons (Fsp3) is 0.812. The van der Waals surface area contributed by atoms with E-state index < -0.39 is 7.12 Å². The average Bonchev–Trinajstić information content (AvgIpc) is 2.86. The van der Waals surface area contributed by atoms with Gasteiger partial charge in [0.15, 0.2) is 0 Å². The molecule has 1 aromatic rings. The maximum absolute atomic E-state index is 6.15. The molecule has 0 unspecified atom stereocenters. The minimum absolute atomic E-state index is 0.0450. The third-order valence-electron chi connectivity index (χ3n) is 5.39. The lowest BCUT2D eigenvalue weighted by Crippen LogP contribution is -2.41. The van der Waals surface area contributed by atoms with Gasteiger partial charge in [0.1, 0.15) is 6.23 Å². The average molecular weight is 306 g/mol. The molecule has 2 saturated heterocycles. The molecule has 22 heavy (non-hydrogen) atoms. The van der Waals surface area contributed by atoms with Crippen LogP contribution in [-0.2, 0) is 14.0 Å². The molecule has 1 aromatic heterocycles. The zero-order valence-electron chi connectivity index (χ0n) is 14.6. The second kappa shape index (κ2) is 5.36. The normalized spacial score (nSPS) is 27.4. The summed E-state index contributed by atoms with van der Waals surface area (Å²) < 4.78 is 20.2. The number of rotatable bonds is 2. The second-order valence-electron chi connectivity index (χ2n) is 7.45. The first-order valence-corrected chi connectivity index (χ1v) is 8.26. The van der Waals surface area contributed by atoms with Crippen LogP contribution in [0.2, 0.25) is 0 Å². The predicted molar refractivity (Wildman–Crippen MR) is 86.3 cm³/mol. The van der Waals surface area contributed by atoms with E-state index in [1.807, 2.05) is 4.68 Å². The van der Waals surface area contributed by atoms with Crippen LogP contribution < -0.4 is 5.59 Å². The summed E-state index contributed by atoms with van der Waals surface area (Å²) in [4.78, 5) is 0. The molecule has 0 radical (unpaired) electrons. The van der Waals surface area contributed by atoms with Crippen molar-refractivity contribution in [2.45, 2.75) is 78.2 Å². The monoisotopic (exact) mass is 306 g/mol. The zero-order valence-corrected chi connectivity index (χ0v) is 14.6. The molecule has 3 heterocycles. The Morgan fingerprint density at radius 3 is 2.27 bits per heavy atom. The van der Waals surface area contributed by atoms with E-state index >= 15 is 0 Å². The van der Waals surface area contributed by atoms with Crippen molar-refractivity contribution in [1.82, 2.24) is 9.78 Å². The summed E-state index contributed by atoms with van der Waals surface area (Å²) in [6.07, 6.45) is 3.39. The molecule has 6 heteroatoms. The Balaban J connectivity index is 1.89. The summed E-state index contributed by atoms with van der Waals surface area (Å²) in [5.41, 5.74) is 2.46. The maximum Gasteiger partial charge on any atom is 0.516 e. The first kappa shape index (κ1) is 16.0. The number of hydrogen-bond donors (Lipinski definition) is 0. The van der Waals surface area contributed by atoms with Crippen molar-refractivity contribution in [1.29, 1.82) is 0 Å². The van der Waals surface area contributed by atoms with Crippen molar-refractivity contribution in [2.75, 3.05) is 6.61 Å². The summed E-state index contributed by atoms with van der Waals surface area (Å²) in [7, 11) is -0.409. The molecule has 3 rings (SSSR count). The predicted octanol–water partition coefficient (Wildman–Crippen LogP) is 2.50. The smallest absolute Gasteiger partial charge is 0.398 e. The summed E-state index contributed by atoms with van der Waals surface area (Å²) in [6, 6.07) is 0. The molecule has 0 bridgehead atoms. The summed E-state index contributed by atoms with van der Waals surface area (Å²) >= 11 is 0. The van der Waals surface area contributed by atoms with Gasteiger partial charge in [-0.3, -0.25) is 0 Å². The van der Waals surface area contributed by atoms with Crippen LogP contribution in [0.1, 0.15) is 64.4 Å². The van der Waals surface area contributed by atoms with Gasteiger partial charge in [0.25, 0.3) is 0 Å².